The largest absolute Gasteiger partial charge is 0.310 e. The van der Waals surface area contributed by atoms with Gasteiger partial charge in [-0.25, -0.2) is 13.4 Å². The summed E-state index contributed by atoms with van der Waals surface area (Å²) in [4.78, 5) is 4.09. The number of allylic oxidation sites excluding steroid dienone is 1. The maximum atomic E-state index is 12.3. The average Bonchev–Trinajstić information content (AvgIpc) is 2.45. The van der Waals surface area contributed by atoms with Crippen LogP contribution in [0, 0.1) is 0 Å². The summed E-state index contributed by atoms with van der Waals surface area (Å²) in [7, 11) is -1.92. The van der Waals surface area contributed by atoms with Gasteiger partial charge in [0.25, 0.3) is 10.0 Å². The molecule has 0 bridgehead atoms. The minimum absolute atomic E-state index is 0.0944. The first-order valence-electron chi connectivity index (χ1n) is 7.13. The second kappa shape index (κ2) is 8.26. The van der Waals surface area contributed by atoms with Crippen molar-refractivity contribution in [1.82, 2.24) is 14.6 Å². The topological polar surface area (TPSA) is 62.3 Å². The Morgan fingerprint density at radius 3 is 2.67 bits per heavy atom. The third-order valence-corrected chi connectivity index (χ3v) is 4.84. The highest BCUT2D eigenvalue weighted by atomic mass is 32.2. The van der Waals surface area contributed by atoms with E-state index in [2.05, 4.69) is 30.7 Å². The standard InChI is InChI=1S/C15H25N3O2S/c1-5-6-7-10-18(4)21(19,20)15-9-8-14(12-17-15)11-16-13(2)3/h5,8-9,12-13,16H,1,6-7,10-11H2,2-4H3. The number of nitrogens with zero attached hydrogens (tertiary/aromatic N) is 2. The third-order valence-electron chi connectivity index (χ3n) is 3.07. The molecule has 5 nitrogen and oxygen atoms in total. The third kappa shape index (κ3) is 5.57. The van der Waals surface area contributed by atoms with E-state index >= 15 is 0 Å². The Morgan fingerprint density at radius 2 is 2.14 bits per heavy atom. The van der Waals surface area contributed by atoms with Crippen molar-refractivity contribution in [3.05, 3.63) is 36.5 Å². The second-order valence-corrected chi connectivity index (χ2v) is 7.29. The van der Waals surface area contributed by atoms with Gasteiger partial charge in [-0.05, 0) is 24.5 Å². The molecule has 1 aromatic heterocycles. The normalized spacial score (nSPS) is 12.0. The molecule has 0 aromatic carbocycles. The zero-order valence-corrected chi connectivity index (χ0v) is 13.9. The molecule has 0 aliphatic carbocycles. The first-order valence-corrected chi connectivity index (χ1v) is 8.57. The molecule has 21 heavy (non-hydrogen) atoms. The van der Waals surface area contributed by atoms with E-state index in [4.69, 9.17) is 0 Å². The molecule has 1 N–H and O–H groups in total. The Kier molecular flexibility index (Phi) is 7.01. The molecule has 0 amide bonds. The summed E-state index contributed by atoms with van der Waals surface area (Å²) in [6.07, 6.45) is 4.96. The maximum Gasteiger partial charge on any atom is 0.260 e. The molecular weight excluding hydrogens is 286 g/mol. The van der Waals surface area contributed by atoms with Crippen LogP contribution in [0.2, 0.25) is 0 Å². The molecule has 0 unspecified atom stereocenters. The van der Waals surface area contributed by atoms with Crippen LogP contribution in [-0.4, -0.2) is 37.3 Å². The second-order valence-electron chi connectivity index (χ2n) is 5.30. The molecule has 1 rings (SSSR count). The fraction of sp³-hybridized carbons (Fsp3) is 0.533. The van der Waals surface area contributed by atoms with E-state index in [1.807, 2.05) is 0 Å². The summed E-state index contributed by atoms with van der Waals surface area (Å²) >= 11 is 0. The van der Waals surface area contributed by atoms with Crippen molar-refractivity contribution in [2.75, 3.05) is 13.6 Å². The molecule has 0 aliphatic rings. The van der Waals surface area contributed by atoms with Crippen LogP contribution in [0.3, 0.4) is 0 Å². The minimum Gasteiger partial charge on any atom is -0.310 e. The lowest BCUT2D eigenvalue weighted by Crippen LogP contribution is -2.28. The van der Waals surface area contributed by atoms with Crippen LogP contribution in [0.15, 0.2) is 36.0 Å². The van der Waals surface area contributed by atoms with Gasteiger partial charge in [0.1, 0.15) is 0 Å². The molecule has 118 valence electrons. The predicted octanol–water partition coefficient (Wildman–Crippen LogP) is 2.17. The van der Waals surface area contributed by atoms with Crippen LogP contribution in [0.25, 0.3) is 0 Å². The lowest BCUT2D eigenvalue weighted by molar-refractivity contribution is 0.460. The fourth-order valence-corrected chi connectivity index (χ4v) is 2.84. The smallest absolute Gasteiger partial charge is 0.260 e. The first kappa shape index (κ1) is 17.8. The van der Waals surface area contributed by atoms with Crippen LogP contribution in [0.5, 0.6) is 0 Å². The van der Waals surface area contributed by atoms with E-state index in [-0.39, 0.29) is 5.03 Å². The van der Waals surface area contributed by atoms with Gasteiger partial charge in [-0.15, -0.1) is 6.58 Å². The van der Waals surface area contributed by atoms with E-state index in [0.717, 1.165) is 18.4 Å². The molecule has 0 radical (unpaired) electrons. The van der Waals surface area contributed by atoms with Gasteiger partial charge in [-0.2, -0.15) is 4.31 Å². The summed E-state index contributed by atoms with van der Waals surface area (Å²) in [6, 6.07) is 3.74. The van der Waals surface area contributed by atoms with Crippen LogP contribution in [0.4, 0.5) is 0 Å². The number of nitrogens with one attached hydrogen (secondary N) is 1. The van der Waals surface area contributed by atoms with Crippen molar-refractivity contribution in [2.45, 2.75) is 44.3 Å². The summed E-state index contributed by atoms with van der Waals surface area (Å²) in [6.45, 7) is 8.90. The molecule has 0 atom stereocenters. The van der Waals surface area contributed by atoms with Gasteiger partial charge in [0, 0.05) is 32.4 Å². The zero-order valence-electron chi connectivity index (χ0n) is 13.0. The van der Waals surface area contributed by atoms with Crippen molar-refractivity contribution in [2.24, 2.45) is 0 Å². The summed E-state index contributed by atoms with van der Waals surface area (Å²) in [5.74, 6) is 0. The van der Waals surface area contributed by atoms with E-state index < -0.39 is 10.0 Å². The summed E-state index contributed by atoms with van der Waals surface area (Å²) in [5.41, 5.74) is 0.969. The van der Waals surface area contributed by atoms with Crippen molar-refractivity contribution in [3.63, 3.8) is 0 Å². The number of hydrogen-bond acceptors (Lipinski definition) is 4. The molecule has 0 aliphatic heterocycles. The van der Waals surface area contributed by atoms with Gasteiger partial charge < -0.3 is 5.32 Å². The van der Waals surface area contributed by atoms with E-state index in [1.54, 1.807) is 31.5 Å². The summed E-state index contributed by atoms with van der Waals surface area (Å²) < 4.78 is 26.0. The fourth-order valence-electron chi connectivity index (χ4n) is 1.73. The van der Waals surface area contributed by atoms with Crippen LogP contribution in [-0.2, 0) is 16.6 Å². The van der Waals surface area contributed by atoms with Crippen LogP contribution < -0.4 is 5.32 Å². The van der Waals surface area contributed by atoms with E-state index in [1.165, 1.54) is 4.31 Å². The molecule has 0 saturated carbocycles. The van der Waals surface area contributed by atoms with Crippen molar-refractivity contribution in [1.29, 1.82) is 0 Å². The maximum absolute atomic E-state index is 12.3. The molecule has 0 fully saturated rings. The van der Waals surface area contributed by atoms with Gasteiger partial charge in [0.2, 0.25) is 0 Å². The Hall–Kier alpha value is -1.24. The number of hydrogen-bond donors (Lipinski definition) is 1. The monoisotopic (exact) mass is 311 g/mol. The molecule has 1 aromatic rings. The van der Waals surface area contributed by atoms with Crippen molar-refractivity contribution < 1.29 is 8.42 Å². The minimum atomic E-state index is -3.50. The lowest BCUT2D eigenvalue weighted by Gasteiger charge is -2.16. The van der Waals surface area contributed by atoms with E-state index in [9.17, 15) is 8.42 Å². The quantitative estimate of drug-likeness (QED) is 0.561. The number of sulfonamides is 1. The van der Waals surface area contributed by atoms with Gasteiger partial charge in [-0.1, -0.05) is 26.0 Å². The molecule has 6 heteroatoms. The number of unbranched alkanes of at least 4 members (excludes halogenated alkanes) is 1. The Morgan fingerprint density at radius 1 is 1.43 bits per heavy atom. The lowest BCUT2D eigenvalue weighted by atomic mass is 10.2. The highest BCUT2D eigenvalue weighted by Gasteiger charge is 2.21. The molecule has 0 spiro atoms. The van der Waals surface area contributed by atoms with Crippen LogP contribution >= 0.6 is 0 Å². The number of pyridine rings is 1. The molecule has 1 heterocycles. The van der Waals surface area contributed by atoms with Gasteiger partial charge in [-0.3, -0.25) is 0 Å². The highest BCUT2D eigenvalue weighted by Crippen LogP contribution is 2.13. The number of rotatable bonds is 9. The zero-order chi connectivity index (χ0) is 15.9. The first-order chi connectivity index (χ1) is 9.87. The summed E-state index contributed by atoms with van der Waals surface area (Å²) in [5, 5.41) is 3.36. The highest BCUT2D eigenvalue weighted by molar-refractivity contribution is 7.89. The average molecular weight is 311 g/mol. The Balaban J connectivity index is 2.72. The Labute approximate surface area is 128 Å². The van der Waals surface area contributed by atoms with E-state index in [0.29, 0.717) is 19.1 Å². The van der Waals surface area contributed by atoms with Gasteiger partial charge in [0.05, 0.1) is 0 Å². The van der Waals surface area contributed by atoms with Gasteiger partial charge >= 0.3 is 0 Å². The van der Waals surface area contributed by atoms with Crippen molar-refractivity contribution in [3.8, 4) is 0 Å². The molecule has 0 saturated heterocycles. The number of aromatic nitrogens is 1. The van der Waals surface area contributed by atoms with Gasteiger partial charge in [0.15, 0.2) is 5.03 Å². The predicted molar refractivity (Wildman–Crippen MR) is 85.5 cm³/mol. The van der Waals surface area contributed by atoms with Crippen LogP contribution in [0.1, 0.15) is 32.3 Å². The SMILES string of the molecule is C=CCCCN(C)S(=O)(=O)c1ccc(CNC(C)C)cn1. The molecular formula is C15H25N3O2S. The van der Waals surface area contributed by atoms with Crippen molar-refractivity contribution >= 4 is 10.0 Å². The Bertz CT molecular complexity index is 539.